The van der Waals surface area contributed by atoms with Crippen LogP contribution in [-0.4, -0.2) is 11.1 Å². The van der Waals surface area contributed by atoms with E-state index in [1.807, 2.05) is 42.5 Å². The van der Waals surface area contributed by atoms with Crippen LogP contribution in [0.5, 0.6) is 11.5 Å². The number of aromatic carboxylic acids is 1. The zero-order chi connectivity index (χ0) is 17.9. The second-order valence-electron chi connectivity index (χ2n) is 6.42. The van der Waals surface area contributed by atoms with Gasteiger partial charge in [0.15, 0.2) is 0 Å². The van der Waals surface area contributed by atoms with Crippen molar-refractivity contribution in [1.82, 2.24) is 0 Å². The minimum atomic E-state index is -1.00. The predicted molar refractivity (Wildman–Crippen MR) is 98.5 cm³/mol. The molecule has 3 aromatic rings. The molecule has 0 unspecified atom stereocenters. The van der Waals surface area contributed by atoms with Gasteiger partial charge in [0.1, 0.15) is 17.1 Å². The summed E-state index contributed by atoms with van der Waals surface area (Å²) < 4.78 is 5.76. The van der Waals surface area contributed by atoms with Crippen LogP contribution in [0.2, 0.25) is 0 Å². The number of hydrogen-bond acceptors (Lipinski definition) is 2. The molecule has 0 aliphatic carbocycles. The number of carbonyl (C=O) groups is 1. The zero-order valence-corrected chi connectivity index (χ0v) is 14.3. The first-order valence-corrected chi connectivity index (χ1v) is 8.15. The molecule has 0 fully saturated rings. The third-order valence-corrected chi connectivity index (χ3v) is 4.40. The van der Waals surface area contributed by atoms with Crippen LogP contribution in [0.25, 0.3) is 0 Å². The van der Waals surface area contributed by atoms with Gasteiger partial charge >= 0.3 is 5.97 Å². The lowest BCUT2D eigenvalue weighted by Crippen LogP contribution is -2.19. The Kier molecular flexibility index (Phi) is 4.57. The Morgan fingerprint density at radius 1 is 0.840 bits per heavy atom. The maximum absolute atomic E-state index is 11.7. The molecule has 0 spiro atoms. The molecule has 0 saturated carbocycles. The van der Waals surface area contributed by atoms with Gasteiger partial charge in [-0.2, -0.15) is 0 Å². The van der Waals surface area contributed by atoms with Gasteiger partial charge in [0, 0.05) is 5.41 Å². The van der Waals surface area contributed by atoms with Crippen molar-refractivity contribution >= 4 is 5.97 Å². The van der Waals surface area contributed by atoms with Gasteiger partial charge in [0.25, 0.3) is 0 Å². The Hall–Kier alpha value is -3.07. The minimum absolute atomic E-state index is 0.158. The van der Waals surface area contributed by atoms with Gasteiger partial charge in [-0.3, -0.25) is 0 Å². The molecule has 0 heterocycles. The lowest BCUT2D eigenvalue weighted by molar-refractivity contribution is 0.0694. The van der Waals surface area contributed by atoms with Gasteiger partial charge in [-0.15, -0.1) is 0 Å². The fourth-order valence-electron chi connectivity index (χ4n) is 2.81. The second kappa shape index (κ2) is 6.81. The van der Waals surface area contributed by atoms with Crippen molar-refractivity contribution in [2.75, 3.05) is 0 Å². The van der Waals surface area contributed by atoms with E-state index in [2.05, 4.69) is 26.0 Å². The summed E-state index contributed by atoms with van der Waals surface area (Å²) in [5.41, 5.74) is 1.90. The summed E-state index contributed by atoms with van der Waals surface area (Å²) in [5.74, 6) is -0.0528. The molecule has 25 heavy (non-hydrogen) atoms. The highest BCUT2D eigenvalue weighted by atomic mass is 16.5. The molecule has 3 rings (SSSR count). The average molecular weight is 332 g/mol. The summed E-state index contributed by atoms with van der Waals surface area (Å²) in [6.07, 6.45) is 0. The summed E-state index contributed by atoms with van der Waals surface area (Å²) in [7, 11) is 0. The average Bonchev–Trinajstić information content (AvgIpc) is 2.63. The number of ether oxygens (including phenoxy) is 1. The van der Waals surface area contributed by atoms with Crippen LogP contribution >= 0.6 is 0 Å². The van der Waals surface area contributed by atoms with Gasteiger partial charge in [0.2, 0.25) is 0 Å². The summed E-state index contributed by atoms with van der Waals surface area (Å²) in [6, 6.07) is 24.6. The maximum atomic E-state index is 11.7. The molecule has 3 aromatic carbocycles. The quantitative estimate of drug-likeness (QED) is 0.671. The van der Waals surface area contributed by atoms with Crippen LogP contribution in [0, 0.1) is 0 Å². The standard InChI is InChI=1S/C22H20O3/c1-22(2,16-9-5-3-6-10-16)17-13-14-20(19(15-17)21(23)24)25-18-11-7-4-8-12-18/h3-15H,1-2H3,(H,23,24). The van der Waals surface area contributed by atoms with Crippen LogP contribution in [0.4, 0.5) is 0 Å². The van der Waals surface area contributed by atoms with Crippen molar-refractivity contribution in [2.24, 2.45) is 0 Å². The van der Waals surface area contributed by atoms with E-state index >= 15 is 0 Å². The van der Waals surface area contributed by atoms with E-state index < -0.39 is 5.97 Å². The highest BCUT2D eigenvalue weighted by molar-refractivity contribution is 5.91. The number of rotatable bonds is 5. The molecule has 3 nitrogen and oxygen atoms in total. The molecule has 3 heteroatoms. The summed E-state index contributed by atoms with van der Waals surface area (Å²) in [4.78, 5) is 11.7. The molecular weight excluding hydrogens is 312 g/mol. The first kappa shape index (κ1) is 16.8. The number of carboxylic acid groups (broad SMARTS) is 1. The smallest absolute Gasteiger partial charge is 0.339 e. The maximum Gasteiger partial charge on any atom is 0.339 e. The first-order chi connectivity index (χ1) is 12.0. The van der Waals surface area contributed by atoms with Crippen molar-refractivity contribution in [3.05, 3.63) is 95.6 Å². The largest absolute Gasteiger partial charge is 0.478 e. The van der Waals surface area contributed by atoms with Crippen molar-refractivity contribution in [3.8, 4) is 11.5 Å². The van der Waals surface area contributed by atoms with E-state index in [0.29, 0.717) is 11.5 Å². The van der Waals surface area contributed by atoms with Gasteiger partial charge in [-0.1, -0.05) is 68.4 Å². The number of carboxylic acids is 1. The summed E-state index contributed by atoms with van der Waals surface area (Å²) in [6.45, 7) is 4.17. The highest BCUT2D eigenvalue weighted by Crippen LogP contribution is 2.35. The normalized spacial score (nSPS) is 11.1. The molecule has 0 amide bonds. The van der Waals surface area contributed by atoms with E-state index in [-0.39, 0.29) is 11.0 Å². The Balaban J connectivity index is 2.01. The second-order valence-corrected chi connectivity index (χ2v) is 6.42. The van der Waals surface area contributed by atoms with E-state index in [1.54, 1.807) is 24.3 Å². The Labute approximate surface area is 147 Å². The summed E-state index contributed by atoms with van der Waals surface area (Å²) in [5, 5.41) is 9.62. The molecule has 1 N–H and O–H groups in total. The molecule has 0 aliphatic heterocycles. The fourth-order valence-corrected chi connectivity index (χ4v) is 2.81. The Bertz CT molecular complexity index is 868. The summed E-state index contributed by atoms with van der Waals surface area (Å²) >= 11 is 0. The van der Waals surface area contributed by atoms with Crippen molar-refractivity contribution in [3.63, 3.8) is 0 Å². The van der Waals surface area contributed by atoms with Crippen LogP contribution in [0.15, 0.2) is 78.9 Å². The van der Waals surface area contributed by atoms with E-state index in [4.69, 9.17) is 4.74 Å². The van der Waals surface area contributed by atoms with Crippen molar-refractivity contribution in [1.29, 1.82) is 0 Å². The molecule has 126 valence electrons. The predicted octanol–water partition coefficient (Wildman–Crippen LogP) is 5.50. The monoisotopic (exact) mass is 332 g/mol. The fraction of sp³-hybridized carbons (Fsp3) is 0.136. The molecular formula is C22H20O3. The third-order valence-electron chi connectivity index (χ3n) is 4.40. The first-order valence-electron chi connectivity index (χ1n) is 8.15. The van der Waals surface area contributed by atoms with Crippen LogP contribution in [0.3, 0.4) is 0 Å². The lowest BCUT2D eigenvalue weighted by atomic mass is 9.77. The van der Waals surface area contributed by atoms with Crippen molar-refractivity contribution < 1.29 is 14.6 Å². The zero-order valence-electron chi connectivity index (χ0n) is 14.3. The van der Waals surface area contributed by atoms with E-state index in [1.165, 1.54) is 0 Å². The van der Waals surface area contributed by atoms with Crippen LogP contribution < -0.4 is 4.74 Å². The molecule has 0 saturated heterocycles. The SMILES string of the molecule is CC(C)(c1ccccc1)c1ccc(Oc2ccccc2)c(C(=O)O)c1. The molecule has 0 radical (unpaired) electrons. The molecule has 0 aliphatic rings. The highest BCUT2D eigenvalue weighted by Gasteiger charge is 2.25. The number of benzene rings is 3. The van der Waals surface area contributed by atoms with E-state index in [0.717, 1.165) is 11.1 Å². The number of para-hydroxylation sites is 1. The molecule has 0 atom stereocenters. The number of hydrogen-bond donors (Lipinski definition) is 1. The van der Waals surface area contributed by atoms with Crippen LogP contribution in [0.1, 0.15) is 35.3 Å². The van der Waals surface area contributed by atoms with Crippen molar-refractivity contribution in [2.45, 2.75) is 19.3 Å². The van der Waals surface area contributed by atoms with E-state index in [9.17, 15) is 9.90 Å². The van der Waals surface area contributed by atoms with Gasteiger partial charge in [-0.25, -0.2) is 4.79 Å². The van der Waals surface area contributed by atoms with Gasteiger partial charge in [-0.05, 0) is 35.4 Å². The van der Waals surface area contributed by atoms with Gasteiger partial charge in [0.05, 0.1) is 0 Å². The van der Waals surface area contributed by atoms with Crippen LogP contribution in [-0.2, 0) is 5.41 Å². The molecule has 0 bridgehead atoms. The lowest BCUT2D eigenvalue weighted by Gasteiger charge is -2.27. The molecule has 0 aromatic heterocycles. The third kappa shape index (κ3) is 3.56. The Morgan fingerprint density at radius 3 is 2.04 bits per heavy atom. The topological polar surface area (TPSA) is 46.5 Å². The van der Waals surface area contributed by atoms with Gasteiger partial charge < -0.3 is 9.84 Å². The Morgan fingerprint density at radius 2 is 1.44 bits per heavy atom. The minimum Gasteiger partial charge on any atom is -0.478 e.